The third kappa shape index (κ3) is 3.43. The Morgan fingerprint density at radius 1 is 1.18 bits per heavy atom. The first-order chi connectivity index (χ1) is 13.5. The molecule has 0 bridgehead atoms. The molecule has 3 aromatic rings. The van der Waals surface area contributed by atoms with Gasteiger partial charge in [-0.15, -0.1) is 0 Å². The van der Waals surface area contributed by atoms with Crippen molar-refractivity contribution in [3.05, 3.63) is 83.4 Å². The van der Waals surface area contributed by atoms with E-state index < -0.39 is 23.3 Å². The molecule has 2 aromatic carbocycles. The van der Waals surface area contributed by atoms with E-state index in [0.29, 0.717) is 6.54 Å². The van der Waals surface area contributed by atoms with E-state index in [4.69, 9.17) is 0 Å². The predicted molar refractivity (Wildman–Crippen MR) is 100 cm³/mol. The lowest BCUT2D eigenvalue weighted by Gasteiger charge is -2.43. The van der Waals surface area contributed by atoms with Crippen LogP contribution in [0.5, 0.6) is 0 Å². The molecule has 0 amide bonds. The van der Waals surface area contributed by atoms with E-state index in [1.165, 1.54) is 40.6 Å². The van der Waals surface area contributed by atoms with Crippen LogP contribution in [0.1, 0.15) is 23.6 Å². The Balaban J connectivity index is 1.70. The summed E-state index contributed by atoms with van der Waals surface area (Å²) in [5.41, 5.74) is 0.926. The molecule has 0 spiro atoms. The van der Waals surface area contributed by atoms with Gasteiger partial charge in [0.1, 0.15) is 29.9 Å². The molecule has 28 heavy (non-hydrogen) atoms. The Labute approximate surface area is 162 Å². The summed E-state index contributed by atoms with van der Waals surface area (Å²) in [4.78, 5) is 6.04. The highest BCUT2D eigenvalue weighted by molar-refractivity contribution is 5.31. The quantitative estimate of drug-likeness (QED) is 0.735. The highest BCUT2D eigenvalue weighted by atomic mass is 19.1. The van der Waals surface area contributed by atoms with Crippen molar-refractivity contribution in [2.24, 2.45) is 0 Å². The molecule has 146 valence electrons. The smallest absolute Gasteiger partial charge is 0.137 e. The first-order valence-corrected chi connectivity index (χ1v) is 9.28. The minimum atomic E-state index is -1.61. The van der Waals surface area contributed by atoms with E-state index in [1.54, 1.807) is 0 Å². The number of aromatic nitrogens is 3. The van der Waals surface area contributed by atoms with Gasteiger partial charge >= 0.3 is 0 Å². The number of aliphatic hydroxyl groups is 1. The third-order valence-electron chi connectivity index (χ3n) is 5.67. The Bertz CT molecular complexity index is 963. The van der Waals surface area contributed by atoms with Crippen LogP contribution in [-0.2, 0) is 25.1 Å². The van der Waals surface area contributed by atoms with E-state index in [9.17, 15) is 13.9 Å². The molecule has 2 heterocycles. The van der Waals surface area contributed by atoms with Crippen LogP contribution in [0, 0.1) is 11.6 Å². The zero-order valence-corrected chi connectivity index (χ0v) is 15.6. The summed E-state index contributed by atoms with van der Waals surface area (Å²) in [6, 6.07) is 11.0. The van der Waals surface area contributed by atoms with Gasteiger partial charge in [0.15, 0.2) is 0 Å². The summed E-state index contributed by atoms with van der Waals surface area (Å²) in [6.45, 7) is 3.27. The summed E-state index contributed by atoms with van der Waals surface area (Å²) in [7, 11) is 0. The van der Waals surface area contributed by atoms with E-state index in [1.807, 2.05) is 19.1 Å². The monoisotopic (exact) mass is 384 g/mol. The highest BCUT2D eigenvalue weighted by Crippen LogP contribution is 2.34. The molecule has 4 rings (SSSR count). The van der Waals surface area contributed by atoms with Gasteiger partial charge in [0.25, 0.3) is 0 Å². The molecule has 0 radical (unpaired) electrons. The van der Waals surface area contributed by atoms with Crippen molar-refractivity contribution in [1.29, 1.82) is 0 Å². The van der Waals surface area contributed by atoms with Crippen LogP contribution in [0.3, 0.4) is 0 Å². The molecular weight excluding hydrogens is 362 g/mol. The molecule has 1 N–H and O–H groups in total. The van der Waals surface area contributed by atoms with Crippen LogP contribution in [0.4, 0.5) is 8.78 Å². The molecule has 1 aliphatic rings. The predicted octanol–water partition coefficient (Wildman–Crippen LogP) is 2.89. The number of rotatable bonds is 5. The lowest BCUT2D eigenvalue weighted by Crippen LogP contribution is -2.53. The Kier molecular flexibility index (Phi) is 4.95. The number of benzene rings is 2. The number of hydrogen-bond donors (Lipinski definition) is 1. The highest BCUT2D eigenvalue weighted by Gasteiger charge is 2.42. The molecule has 0 saturated heterocycles. The average molecular weight is 384 g/mol. The molecule has 0 aliphatic carbocycles. The molecule has 5 nitrogen and oxygen atoms in total. The zero-order chi connectivity index (χ0) is 19.7. The van der Waals surface area contributed by atoms with Crippen LogP contribution >= 0.6 is 0 Å². The molecular formula is C21H22F2N4O. The lowest BCUT2D eigenvalue weighted by molar-refractivity contribution is -0.0677. The lowest BCUT2D eigenvalue weighted by atomic mass is 9.84. The third-order valence-corrected chi connectivity index (χ3v) is 5.67. The SMILES string of the molecule is C[C@H](N1CCc2ccccc2C1)[C@@](O)(Cn1cncn1)c1ccc(F)cc1F. The van der Waals surface area contributed by atoms with Crippen molar-refractivity contribution < 1.29 is 13.9 Å². The van der Waals surface area contributed by atoms with Gasteiger partial charge in [0, 0.05) is 30.8 Å². The normalized spacial score (nSPS) is 17.7. The van der Waals surface area contributed by atoms with Gasteiger partial charge in [-0.1, -0.05) is 30.3 Å². The summed E-state index contributed by atoms with van der Waals surface area (Å²) < 4.78 is 29.6. The first kappa shape index (κ1) is 18.7. The second kappa shape index (κ2) is 7.41. The Morgan fingerprint density at radius 2 is 1.96 bits per heavy atom. The average Bonchev–Trinajstić information content (AvgIpc) is 3.19. The van der Waals surface area contributed by atoms with Crippen molar-refractivity contribution in [2.45, 2.75) is 38.1 Å². The number of halogens is 2. The fraction of sp³-hybridized carbons (Fsp3) is 0.333. The van der Waals surface area contributed by atoms with Gasteiger partial charge in [-0.3, -0.25) is 4.90 Å². The molecule has 1 aliphatic heterocycles. The van der Waals surface area contributed by atoms with E-state index in [0.717, 1.165) is 19.0 Å². The molecule has 0 saturated carbocycles. The molecule has 7 heteroatoms. The van der Waals surface area contributed by atoms with Gasteiger partial charge in [-0.25, -0.2) is 18.4 Å². The Morgan fingerprint density at radius 3 is 2.68 bits per heavy atom. The van der Waals surface area contributed by atoms with E-state index >= 15 is 0 Å². The van der Waals surface area contributed by atoms with Crippen LogP contribution in [0.2, 0.25) is 0 Å². The maximum atomic E-state index is 14.7. The fourth-order valence-corrected chi connectivity index (χ4v) is 3.99. The van der Waals surface area contributed by atoms with Crippen molar-refractivity contribution >= 4 is 0 Å². The van der Waals surface area contributed by atoms with Gasteiger partial charge in [0.2, 0.25) is 0 Å². The van der Waals surface area contributed by atoms with Gasteiger partial charge in [-0.2, -0.15) is 5.10 Å². The minimum Gasteiger partial charge on any atom is -0.381 e. The molecule has 0 fully saturated rings. The van der Waals surface area contributed by atoms with Gasteiger partial charge in [0.05, 0.1) is 6.54 Å². The summed E-state index contributed by atoms with van der Waals surface area (Å²) in [6.07, 6.45) is 3.69. The first-order valence-electron chi connectivity index (χ1n) is 9.28. The number of fused-ring (bicyclic) bond motifs is 1. The summed E-state index contributed by atoms with van der Waals surface area (Å²) >= 11 is 0. The number of hydrogen-bond acceptors (Lipinski definition) is 4. The molecule has 0 unspecified atom stereocenters. The topological polar surface area (TPSA) is 54.2 Å². The second-order valence-electron chi connectivity index (χ2n) is 7.31. The standard InChI is InChI=1S/C21H22F2N4O/c1-15(26-9-8-16-4-2-3-5-17(16)11-26)21(28,12-27-14-24-13-25-27)19-7-6-18(22)10-20(19)23/h2-7,10,13-15,28H,8-9,11-12H2,1H3/t15-,21-/m0/s1. The van der Waals surface area contributed by atoms with Gasteiger partial charge < -0.3 is 5.11 Å². The maximum absolute atomic E-state index is 14.7. The number of nitrogens with zero attached hydrogens (tertiary/aromatic N) is 4. The Hall–Kier alpha value is -2.64. The van der Waals surface area contributed by atoms with Crippen LogP contribution in [0.15, 0.2) is 55.1 Å². The van der Waals surface area contributed by atoms with Crippen molar-refractivity contribution in [3.63, 3.8) is 0 Å². The summed E-state index contributed by atoms with van der Waals surface area (Å²) in [5.74, 6) is -1.45. The molecule has 1 aromatic heterocycles. The van der Waals surface area contributed by atoms with Crippen molar-refractivity contribution in [2.75, 3.05) is 6.54 Å². The maximum Gasteiger partial charge on any atom is 0.137 e. The second-order valence-corrected chi connectivity index (χ2v) is 7.31. The minimum absolute atomic E-state index is 0.00880. The van der Waals surface area contributed by atoms with Crippen LogP contribution < -0.4 is 0 Å². The van der Waals surface area contributed by atoms with E-state index in [-0.39, 0.29) is 12.1 Å². The zero-order valence-electron chi connectivity index (χ0n) is 15.6. The van der Waals surface area contributed by atoms with Crippen molar-refractivity contribution in [3.8, 4) is 0 Å². The van der Waals surface area contributed by atoms with Crippen LogP contribution in [0.25, 0.3) is 0 Å². The van der Waals surface area contributed by atoms with E-state index in [2.05, 4.69) is 27.1 Å². The molecule has 2 atom stereocenters. The van der Waals surface area contributed by atoms with Gasteiger partial charge in [-0.05, 0) is 30.5 Å². The fourth-order valence-electron chi connectivity index (χ4n) is 3.99. The van der Waals surface area contributed by atoms with Crippen LogP contribution in [-0.4, -0.2) is 37.4 Å². The largest absolute Gasteiger partial charge is 0.381 e. The van der Waals surface area contributed by atoms with Crippen molar-refractivity contribution in [1.82, 2.24) is 19.7 Å². The summed E-state index contributed by atoms with van der Waals surface area (Å²) in [5, 5.41) is 15.8.